The number of halogens is 3. The number of nitrogens with zero attached hydrogens (tertiary/aromatic N) is 2. The molecule has 0 saturated heterocycles. The van der Waals surface area contributed by atoms with Gasteiger partial charge in [-0.25, -0.2) is 8.78 Å². The fourth-order valence-corrected chi connectivity index (χ4v) is 3.57. The van der Waals surface area contributed by atoms with E-state index in [1.165, 1.54) is 0 Å². The zero-order valence-corrected chi connectivity index (χ0v) is 17.9. The number of ether oxygens (including phenoxy) is 1. The molecule has 0 unspecified atom stereocenters. The van der Waals surface area contributed by atoms with Crippen molar-refractivity contribution in [1.29, 1.82) is 0 Å². The van der Waals surface area contributed by atoms with Crippen molar-refractivity contribution in [2.75, 3.05) is 11.1 Å². The van der Waals surface area contributed by atoms with Crippen molar-refractivity contribution >= 4 is 39.3 Å². The maximum atomic E-state index is 13.8. The lowest BCUT2D eigenvalue weighted by molar-refractivity contribution is -0.113. The minimum atomic E-state index is -0.876. The third-order valence-corrected chi connectivity index (χ3v) is 5.05. The molecule has 1 aromatic heterocycles. The van der Waals surface area contributed by atoms with Crippen LogP contribution in [0.4, 0.5) is 14.5 Å². The molecule has 1 amide bonds. The number of hydrogen-bond acceptors (Lipinski definition) is 6. The summed E-state index contributed by atoms with van der Waals surface area (Å²) in [6, 6.07) is 7.58. The Kier molecular flexibility index (Phi) is 6.86. The molecule has 29 heavy (non-hydrogen) atoms. The van der Waals surface area contributed by atoms with Gasteiger partial charge < -0.3 is 14.5 Å². The van der Waals surface area contributed by atoms with Crippen LogP contribution in [0.1, 0.15) is 17.0 Å². The normalized spacial score (nSPS) is 10.8. The van der Waals surface area contributed by atoms with E-state index in [1.807, 2.05) is 32.0 Å². The van der Waals surface area contributed by atoms with Gasteiger partial charge in [-0.2, -0.15) is 0 Å². The monoisotopic (exact) mass is 483 g/mol. The summed E-state index contributed by atoms with van der Waals surface area (Å²) >= 11 is 4.01. The van der Waals surface area contributed by atoms with Crippen molar-refractivity contribution in [2.24, 2.45) is 0 Å². The Balaban J connectivity index is 1.52. The zero-order chi connectivity index (χ0) is 21.0. The second kappa shape index (κ2) is 9.36. The van der Waals surface area contributed by atoms with Crippen LogP contribution in [0.15, 0.2) is 44.4 Å². The highest BCUT2D eigenvalue weighted by Crippen LogP contribution is 2.27. The molecule has 0 aliphatic heterocycles. The Labute approximate surface area is 178 Å². The standard InChI is InChI=1S/C19H16BrF2N3O3S/c1-10-3-11(2)5-13(4-10)27-8-17-24-25-19(28-17)29-9-16(26)23-18-14(20)6-12(21)7-15(18)22/h3-7H,8-9H2,1-2H3,(H,23,26). The van der Waals surface area contributed by atoms with Gasteiger partial charge in [0.1, 0.15) is 11.6 Å². The van der Waals surface area contributed by atoms with Gasteiger partial charge in [-0.3, -0.25) is 4.79 Å². The number of anilines is 1. The van der Waals surface area contributed by atoms with Crippen LogP contribution in [0.2, 0.25) is 0 Å². The number of benzene rings is 2. The topological polar surface area (TPSA) is 77.2 Å². The van der Waals surface area contributed by atoms with E-state index >= 15 is 0 Å². The lowest BCUT2D eigenvalue weighted by atomic mass is 10.1. The third kappa shape index (κ3) is 6.01. The maximum Gasteiger partial charge on any atom is 0.277 e. The average Bonchev–Trinajstić information content (AvgIpc) is 3.08. The van der Waals surface area contributed by atoms with Crippen LogP contribution in [-0.4, -0.2) is 21.9 Å². The second-order valence-corrected chi connectivity index (χ2v) is 7.94. The average molecular weight is 484 g/mol. The molecule has 6 nitrogen and oxygen atoms in total. The van der Waals surface area contributed by atoms with Gasteiger partial charge in [-0.15, -0.1) is 10.2 Å². The van der Waals surface area contributed by atoms with Crippen LogP contribution in [0.3, 0.4) is 0 Å². The van der Waals surface area contributed by atoms with Crippen molar-refractivity contribution in [3.63, 3.8) is 0 Å². The first-order valence-corrected chi connectivity index (χ1v) is 10.2. The molecule has 0 radical (unpaired) electrons. The Hall–Kier alpha value is -2.46. The number of hydrogen-bond donors (Lipinski definition) is 1. The van der Waals surface area contributed by atoms with Crippen molar-refractivity contribution in [1.82, 2.24) is 10.2 Å². The molecular weight excluding hydrogens is 468 g/mol. The van der Waals surface area contributed by atoms with Gasteiger partial charge >= 0.3 is 0 Å². The zero-order valence-electron chi connectivity index (χ0n) is 15.5. The molecule has 0 bridgehead atoms. The fraction of sp³-hybridized carbons (Fsp3) is 0.211. The van der Waals surface area contributed by atoms with E-state index in [2.05, 4.69) is 31.4 Å². The molecular formula is C19H16BrF2N3O3S. The van der Waals surface area contributed by atoms with Crippen molar-refractivity contribution in [3.8, 4) is 5.75 Å². The predicted octanol–water partition coefficient (Wildman–Crippen LogP) is 5.04. The van der Waals surface area contributed by atoms with Gasteiger partial charge in [0.15, 0.2) is 12.4 Å². The second-order valence-electron chi connectivity index (χ2n) is 6.16. The predicted molar refractivity (Wildman–Crippen MR) is 108 cm³/mol. The molecule has 1 heterocycles. The molecule has 0 aliphatic carbocycles. The van der Waals surface area contributed by atoms with Crippen LogP contribution in [0.25, 0.3) is 0 Å². The first-order valence-electron chi connectivity index (χ1n) is 8.41. The molecule has 0 atom stereocenters. The van der Waals surface area contributed by atoms with Crippen molar-refractivity contribution < 1.29 is 22.7 Å². The van der Waals surface area contributed by atoms with E-state index < -0.39 is 17.5 Å². The number of carbonyl (C=O) groups excluding carboxylic acids is 1. The van der Waals surface area contributed by atoms with E-state index in [0.29, 0.717) is 11.8 Å². The number of aryl methyl sites for hydroxylation is 2. The lowest BCUT2D eigenvalue weighted by Crippen LogP contribution is -2.15. The van der Waals surface area contributed by atoms with E-state index in [-0.39, 0.29) is 33.6 Å². The SMILES string of the molecule is Cc1cc(C)cc(OCc2nnc(SCC(=O)Nc3c(F)cc(F)cc3Br)o2)c1. The largest absolute Gasteiger partial charge is 0.484 e. The van der Waals surface area contributed by atoms with Gasteiger partial charge in [0.2, 0.25) is 5.91 Å². The highest BCUT2D eigenvalue weighted by Gasteiger charge is 2.15. The van der Waals surface area contributed by atoms with Crippen LogP contribution in [0.5, 0.6) is 5.75 Å². The molecule has 0 fully saturated rings. The first-order chi connectivity index (χ1) is 13.8. The summed E-state index contributed by atoms with van der Waals surface area (Å²) < 4.78 is 38.1. The minimum absolute atomic E-state index is 0.0936. The van der Waals surface area contributed by atoms with E-state index in [0.717, 1.165) is 29.0 Å². The first kappa shape index (κ1) is 21.3. The molecule has 3 rings (SSSR count). The molecule has 0 aliphatic rings. The van der Waals surface area contributed by atoms with E-state index in [1.54, 1.807) is 0 Å². The van der Waals surface area contributed by atoms with Crippen LogP contribution in [0, 0.1) is 25.5 Å². The maximum absolute atomic E-state index is 13.8. The summed E-state index contributed by atoms with van der Waals surface area (Å²) in [4.78, 5) is 12.0. The number of rotatable bonds is 7. The summed E-state index contributed by atoms with van der Waals surface area (Å²) in [6.45, 7) is 4.04. The van der Waals surface area contributed by atoms with Crippen molar-refractivity contribution in [2.45, 2.75) is 25.7 Å². The lowest BCUT2D eigenvalue weighted by Gasteiger charge is -2.08. The molecule has 0 spiro atoms. The molecule has 0 saturated carbocycles. The smallest absolute Gasteiger partial charge is 0.277 e. The minimum Gasteiger partial charge on any atom is -0.484 e. The number of amides is 1. The Bertz CT molecular complexity index is 1000. The van der Waals surface area contributed by atoms with E-state index in [9.17, 15) is 13.6 Å². The Morgan fingerprint density at radius 1 is 1.17 bits per heavy atom. The Morgan fingerprint density at radius 2 is 1.90 bits per heavy atom. The molecule has 3 aromatic rings. The highest BCUT2D eigenvalue weighted by molar-refractivity contribution is 9.10. The van der Waals surface area contributed by atoms with Crippen LogP contribution >= 0.6 is 27.7 Å². The summed E-state index contributed by atoms with van der Waals surface area (Å²) in [6.07, 6.45) is 0. The van der Waals surface area contributed by atoms with Gasteiger partial charge in [0, 0.05) is 10.5 Å². The summed E-state index contributed by atoms with van der Waals surface area (Å²) in [5.74, 6) is -1.27. The van der Waals surface area contributed by atoms with Gasteiger partial charge in [-0.05, 0) is 59.1 Å². The number of nitrogens with one attached hydrogen (secondary N) is 1. The van der Waals surface area contributed by atoms with E-state index in [4.69, 9.17) is 9.15 Å². The molecule has 10 heteroatoms. The highest BCUT2D eigenvalue weighted by atomic mass is 79.9. The summed E-state index contributed by atoms with van der Waals surface area (Å²) in [7, 11) is 0. The van der Waals surface area contributed by atoms with Gasteiger partial charge in [-0.1, -0.05) is 17.8 Å². The van der Waals surface area contributed by atoms with Gasteiger partial charge in [0.25, 0.3) is 11.1 Å². The summed E-state index contributed by atoms with van der Waals surface area (Å²) in [5.41, 5.74) is 2.03. The van der Waals surface area contributed by atoms with Gasteiger partial charge in [0.05, 0.1) is 11.4 Å². The number of aromatic nitrogens is 2. The third-order valence-electron chi connectivity index (χ3n) is 3.60. The molecule has 152 valence electrons. The van der Waals surface area contributed by atoms with Crippen molar-refractivity contribution in [3.05, 3.63) is 63.5 Å². The fourth-order valence-electron chi connectivity index (χ4n) is 2.48. The number of carbonyl (C=O) groups is 1. The summed E-state index contributed by atoms with van der Waals surface area (Å²) in [5, 5.41) is 10.3. The van der Waals surface area contributed by atoms with Crippen LogP contribution in [-0.2, 0) is 11.4 Å². The quantitative estimate of drug-likeness (QED) is 0.474. The Morgan fingerprint density at radius 3 is 2.59 bits per heavy atom. The van der Waals surface area contributed by atoms with Crippen LogP contribution < -0.4 is 10.1 Å². The molecule has 2 aromatic carbocycles. The number of thioether (sulfide) groups is 1. The molecule has 1 N–H and O–H groups in total.